The van der Waals surface area contributed by atoms with Crippen molar-refractivity contribution in [2.45, 2.75) is 0 Å². The van der Waals surface area contributed by atoms with Crippen LogP contribution in [0.4, 0.5) is 0 Å². The van der Waals surface area contributed by atoms with Gasteiger partial charge in [0.05, 0.1) is 19.2 Å². The number of carbonyl (C=O) groups is 2. The van der Waals surface area contributed by atoms with Crippen LogP contribution in [0.3, 0.4) is 0 Å². The molecule has 0 aliphatic carbocycles. The van der Waals surface area contributed by atoms with E-state index in [4.69, 9.17) is 4.84 Å². The SMILES string of the molecule is CON(C)C(=O)C1CN([B]C=O)C1. The van der Waals surface area contributed by atoms with Crippen molar-refractivity contribution in [3.8, 4) is 0 Å². The Kier molecular flexibility index (Phi) is 3.44. The van der Waals surface area contributed by atoms with Crippen molar-refractivity contribution < 1.29 is 14.4 Å². The summed E-state index contributed by atoms with van der Waals surface area (Å²) in [5.41, 5.74) is 0. The third kappa shape index (κ3) is 2.29. The van der Waals surface area contributed by atoms with Crippen LogP contribution in [0.5, 0.6) is 0 Å². The van der Waals surface area contributed by atoms with Crippen molar-refractivity contribution in [3.05, 3.63) is 0 Å². The first-order chi connectivity index (χ1) is 6.19. The Morgan fingerprint density at radius 3 is 2.77 bits per heavy atom. The van der Waals surface area contributed by atoms with Gasteiger partial charge >= 0.3 is 0 Å². The number of hydroxylamine groups is 2. The summed E-state index contributed by atoms with van der Waals surface area (Å²) in [5, 5.41) is 1.21. The molecule has 1 saturated heterocycles. The van der Waals surface area contributed by atoms with Crippen LogP contribution in [0.1, 0.15) is 0 Å². The molecule has 0 aromatic heterocycles. The van der Waals surface area contributed by atoms with E-state index in [1.165, 1.54) is 19.6 Å². The lowest BCUT2D eigenvalue weighted by molar-refractivity contribution is -0.176. The maximum absolute atomic E-state index is 11.4. The standard InChI is InChI=1S/C7H12BN2O3/c1-9(13-2)7(12)6-3-10(4-6)8-5-11/h5-6H,3-4H2,1-2H3. The highest BCUT2D eigenvalue weighted by molar-refractivity contribution is 6.64. The second-order valence-corrected chi connectivity index (χ2v) is 2.95. The molecular weight excluding hydrogens is 171 g/mol. The van der Waals surface area contributed by atoms with Crippen LogP contribution in [0.15, 0.2) is 0 Å². The summed E-state index contributed by atoms with van der Waals surface area (Å²) in [5.74, 6) is -0.0841. The van der Waals surface area contributed by atoms with Gasteiger partial charge in [-0.3, -0.25) is 9.63 Å². The number of nitrogens with zero attached hydrogens (tertiary/aromatic N) is 2. The summed E-state index contributed by atoms with van der Waals surface area (Å²) in [6.45, 7) is 1.20. The van der Waals surface area contributed by atoms with Crippen molar-refractivity contribution in [2.24, 2.45) is 5.92 Å². The Balaban J connectivity index is 2.26. The summed E-state index contributed by atoms with van der Waals surface area (Å²) < 4.78 is 0. The average Bonchev–Trinajstić information content (AvgIpc) is 2.08. The first-order valence-electron chi connectivity index (χ1n) is 4.03. The Labute approximate surface area is 77.8 Å². The first-order valence-corrected chi connectivity index (χ1v) is 4.03. The lowest BCUT2D eigenvalue weighted by Crippen LogP contribution is -2.55. The second kappa shape index (κ2) is 4.39. The molecule has 0 aromatic carbocycles. The normalized spacial score (nSPS) is 17.7. The molecule has 71 valence electrons. The van der Waals surface area contributed by atoms with Gasteiger partial charge < -0.3 is 9.61 Å². The number of amides is 1. The summed E-state index contributed by atoms with van der Waals surface area (Å²) >= 11 is 0. The van der Waals surface area contributed by atoms with Crippen LogP contribution in [0.25, 0.3) is 0 Å². The average molecular weight is 183 g/mol. The molecule has 6 heteroatoms. The first kappa shape index (κ1) is 10.2. The fraction of sp³-hybridized carbons (Fsp3) is 0.714. The molecule has 1 aliphatic rings. The summed E-state index contributed by atoms with van der Waals surface area (Å²) in [6.07, 6.45) is 0.723. The van der Waals surface area contributed by atoms with Gasteiger partial charge in [-0.2, -0.15) is 0 Å². The van der Waals surface area contributed by atoms with Crippen molar-refractivity contribution in [3.63, 3.8) is 0 Å². The lowest BCUT2D eigenvalue weighted by atomic mass is 9.84. The summed E-state index contributed by atoms with van der Waals surface area (Å²) in [4.78, 5) is 28.0. The Bertz CT molecular complexity index is 206. The molecule has 0 spiro atoms. The van der Waals surface area contributed by atoms with E-state index in [9.17, 15) is 9.59 Å². The number of rotatable bonds is 4. The van der Waals surface area contributed by atoms with Gasteiger partial charge in [-0.25, -0.2) is 5.06 Å². The van der Waals surface area contributed by atoms with Gasteiger partial charge in [0, 0.05) is 20.1 Å². The zero-order valence-electron chi connectivity index (χ0n) is 7.77. The molecule has 0 bridgehead atoms. The van der Waals surface area contributed by atoms with E-state index in [-0.39, 0.29) is 11.8 Å². The molecule has 0 unspecified atom stereocenters. The van der Waals surface area contributed by atoms with E-state index in [0.29, 0.717) is 13.1 Å². The maximum Gasteiger partial charge on any atom is 0.293 e. The molecule has 1 heterocycles. The Morgan fingerprint density at radius 2 is 2.31 bits per heavy atom. The molecule has 1 amide bonds. The summed E-state index contributed by atoms with van der Waals surface area (Å²) in [6, 6.07) is 0. The topological polar surface area (TPSA) is 49.9 Å². The minimum atomic E-state index is -0.0435. The molecule has 1 fully saturated rings. The highest BCUT2D eigenvalue weighted by atomic mass is 16.7. The van der Waals surface area contributed by atoms with Gasteiger partial charge in [0.25, 0.3) is 13.3 Å². The highest BCUT2D eigenvalue weighted by Gasteiger charge is 2.34. The number of carbonyl (C=O) groups excluding carboxylic acids is 2. The van der Waals surface area contributed by atoms with Crippen LogP contribution in [0.2, 0.25) is 0 Å². The van der Waals surface area contributed by atoms with E-state index in [0.717, 1.165) is 6.19 Å². The van der Waals surface area contributed by atoms with Crippen LogP contribution in [0, 0.1) is 5.92 Å². The maximum atomic E-state index is 11.4. The van der Waals surface area contributed by atoms with Crippen molar-refractivity contribution in [2.75, 3.05) is 27.2 Å². The molecular formula is C7H12BN2O3. The Hall–Kier alpha value is -0.875. The molecule has 1 radical (unpaired) electrons. The van der Waals surface area contributed by atoms with Crippen LogP contribution < -0.4 is 0 Å². The fourth-order valence-electron chi connectivity index (χ4n) is 1.22. The number of hydrogen-bond acceptors (Lipinski definition) is 4. The second-order valence-electron chi connectivity index (χ2n) is 2.95. The van der Waals surface area contributed by atoms with E-state index in [1.54, 1.807) is 11.9 Å². The van der Waals surface area contributed by atoms with Gasteiger partial charge in [-0.1, -0.05) is 0 Å². The summed E-state index contributed by atoms with van der Waals surface area (Å²) in [7, 11) is 4.47. The molecule has 0 atom stereocenters. The number of hydrogen-bond donors (Lipinski definition) is 0. The third-order valence-corrected chi connectivity index (χ3v) is 2.11. The zero-order valence-corrected chi connectivity index (χ0v) is 7.77. The van der Waals surface area contributed by atoms with Crippen molar-refractivity contribution >= 4 is 19.5 Å². The van der Waals surface area contributed by atoms with Crippen LogP contribution in [-0.2, 0) is 14.4 Å². The van der Waals surface area contributed by atoms with Crippen LogP contribution in [-0.4, -0.2) is 56.6 Å². The lowest BCUT2D eigenvalue weighted by Gasteiger charge is -2.38. The van der Waals surface area contributed by atoms with E-state index < -0.39 is 0 Å². The predicted molar refractivity (Wildman–Crippen MR) is 47.3 cm³/mol. The van der Waals surface area contributed by atoms with E-state index in [2.05, 4.69) is 0 Å². The monoisotopic (exact) mass is 183 g/mol. The fourth-order valence-corrected chi connectivity index (χ4v) is 1.22. The van der Waals surface area contributed by atoms with Crippen molar-refractivity contribution in [1.29, 1.82) is 0 Å². The third-order valence-electron chi connectivity index (χ3n) is 2.11. The van der Waals surface area contributed by atoms with Gasteiger partial charge in [0.15, 0.2) is 0 Å². The molecule has 0 aromatic rings. The van der Waals surface area contributed by atoms with E-state index in [1.807, 2.05) is 0 Å². The molecule has 5 nitrogen and oxygen atoms in total. The van der Waals surface area contributed by atoms with E-state index >= 15 is 0 Å². The van der Waals surface area contributed by atoms with Gasteiger partial charge in [0.2, 0.25) is 0 Å². The van der Waals surface area contributed by atoms with Gasteiger partial charge in [-0.05, 0) is 0 Å². The molecule has 0 N–H and O–H groups in total. The molecule has 1 aliphatic heterocycles. The molecule has 0 saturated carbocycles. The van der Waals surface area contributed by atoms with Crippen molar-refractivity contribution in [1.82, 2.24) is 9.87 Å². The Morgan fingerprint density at radius 1 is 1.69 bits per heavy atom. The van der Waals surface area contributed by atoms with Gasteiger partial charge in [-0.15, -0.1) is 0 Å². The minimum Gasteiger partial charge on any atom is -0.338 e. The zero-order chi connectivity index (χ0) is 9.84. The molecule has 13 heavy (non-hydrogen) atoms. The quantitative estimate of drug-likeness (QED) is 0.310. The predicted octanol–water partition coefficient (Wildman–Crippen LogP) is -1.25. The van der Waals surface area contributed by atoms with Gasteiger partial charge in [0.1, 0.15) is 0 Å². The highest BCUT2D eigenvalue weighted by Crippen LogP contribution is 2.15. The largest absolute Gasteiger partial charge is 0.338 e. The molecule has 1 rings (SSSR count). The minimum absolute atomic E-state index is 0.0406. The van der Waals surface area contributed by atoms with Crippen LogP contribution >= 0.6 is 0 Å². The smallest absolute Gasteiger partial charge is 0.293 e.